The van der Waals surface area contributed by atoms with Gasteiger partial charge in [-0.15, -0.1) is 0 Å². The van der Waals surface area contributed by atoms with Crippen molar-refractivity contribution in [3.63, 3.8) is 0 Å². The van der Waals surface area contributed by atoms with E-state index in [1.54, 1.807) is 6.08 Å². The number of hydrogen-bond donors (Lipinski definition) is 1. The van der Waals surface area contributed by atoms with Gasteiger partial charge in [-0.3, -0.25) is 9.59 Å². The fraction of sp³-hybridized carbons (Fsp3) is 0.292. The topological polar surface area (TPSA) is 64.0 Å². The molecule has 0 aliphatic rings. The van der Waals surface area contributed by atoms with Crippen LogP contribution in [-0.2, 0) is 17.8 Å². The summed E-state index contributed by atoms with van der Waals surface area (Å²) < 4.78 is 2.04. The lowest BCUT2D eigenvalue weighted by Gasteiger charge is -2.09. The van der Waals surface area contributed by atoms with Gasteiger partial charge in [0.15, 0.2) is 5.78 Å². The normalized spacial score (nSPS) is 11.2. The number of imidazole rings is 1. The van der Waals surface area contributed by atoms with Crippen molar-refractivity contribution in [2.45, 2.75) is 39.2 Å². The van der Waals surface area contributed by atoms with Crippen LogP contribution in [0, 0.1) is 0 Å². The number of amides is 1. The molecule has 0 saturated carbocycles. The molecule has 1 heterocycles. The number of carbonyl (C=O) groups is 2. The van der Waals surface area contributed by atoms with Crippen LogP contribution in [0.1, 0.15) is 42.4 Å². The highest BCUT2D eigenvalue weighted by molar-refractivity contribution is 5.96. The summed E-state index contributed by atoms with van der Waals surface area (Å²) >= 11 is 0. The van der Waals surface area contributed by atoms with E-state index in [0.29, 0.717) is 18.7 Å². The number of unbranched alkanes of at least 4 members (excludes halogenated alkanes) is 2. The van der Waals surface area contributed by atoms with E-state index in [9.17, 15) is 9.59 Å². The molecule has 0 aliphatic heterocycles. The summed E-state index contributed by atoms with van der Waals surface area (Å²) in [5.74, 6) is 0.976. The lowest BCUT2D eigenvalue weighted by atomic mass is 10.1. The third kappa shape index (κ3) is 5.64. The van der Waals surface area contributed by atoms with Crippen molar-refractivity contribution in [2.24, 2.45) is 0 Å². The molecule has 0 atom stereocenters. The van der Waals surface area contributed by atoms with E-state index in [2.05, 4.69) is 5.32 Å². The van der Waals surface area contributed by atoms with Crippen LogP contribution >= 0.6 is 0 Å². The number of aromatic nitrogens is 2. The van der Waals surface area contributed by atoms with Gasteiger partial charge in [-0.25, -0.2) is 4.98 Å². The second-order valence-corrected chi connectivity index (χ2v) is 6.99. The maximum Gasteiger partial charge on any atom is 0.243 e. The Balaban J connectivity index is 1.63. The summed E-state index contributed by atoms with van der Waals surface area (Å²) in [6.07, 6.45) is 6.95. The van der Waals surface area contributed by atoms with Crippen LogP contribution < -0.4 is 5.32 Å². The molecule has 0 spiro atoms. The maximum atomic E-state index is 12.7. The molecule has 0 saturated heterocycles. The summed E-state index contributed by atoms with van der Waals surface area (Å²) in [7, 11) is 0. The van der Waals surface area contributed by atoms with Crippen molar-refractivity contribution in [2.75, 3.05) is 6.54 Å². The van der Waals surface area contributed by atoms with Crippen molar-refractivity contribution in [1.29, 1.82) is 0 Å². The van der Waals surface area contributed by atoms with Gasteiger partial charge >= 0.3 is 0 Å². The fourth-order valence-electron chi connectivity index (χ4n) is 3.36. The maximum absolute atomic E-state index is 12.7. The summed E-state index contributed by atoms with van der Waals surface area (Å²) in [4.78, 5) is 28.9. The SMILES string of the molecule is C/C=C/C(=O)NCCCCCc1nc2ccccc2n1CC(=O)c1ccccc1. The van der Waals surface area contributed by atoms with Gasteiger partial charge in [0, 0.05) is 18.5 Å². The number of allylic oxidation sites excluding steroid dienone is 1. The molecule has 1 N–H and O–H groups in total. The van der Waals surface area contributed by atoms with Gasteiger partial charge in [-0.2, -0.15) is 0 Å². The Labute approximate surface area is 171 Å². The van der Waals surface area contributed by atoms with Crippen molar-refractivity contribution < 1.29 is 9.59 Å². The van der Waals surface area contributed by atoms with Crippen LogP contribution in [0.15, 0.2) is 66.7 Å². The van der Waals surface area contributed by atoms with E-state index in [1.165, 1.54) is 6.08 Å². The summed E-state index contributed by atoms with van der Waals surface area (Å²) in [5, 5.41) is 2.87. The van der Waals surface area contributed by atoms with Crippen molar-refractivity contribution in [3.05, 3.63) is 78.1 Å². The minimum Gasteiger partial charge on any atom is -0.353 e. The minimum atomic E-state index is -0.0475. The highest BCUT2D eigenvalue weighted by Crippen LogP contribution is 2.19. The fourth-order valence-corrected chi connectivity index (χ4v) is 3.36. The van der Waals surface area contributed by atoms with Crippen LogP contribution in [0.25, 0.3) is 11.0 Å². The predicted molar refractivity (Wildman–Crippen MR) is 116 cm³/mol. The van der Waals surface area contributed by atoms with Crippen LogP contribution in [0.2, 0.25) is 0 Å². The molecule has 3 rings (SSSR count). The number of nitrogens with zero attached hydrogens (tertiary/aromatic N) is 2. The lowest BCUT2D eigenvalue weighted by Crippen LogP contribution is -2.22. The quantitative estimate of drug-likeness (QED) is 0.319. The van der Waals surface area contributed by atoms with Crippen LogP contribution in [-0.4, -0.2) is 27.8 Å². The minimum absolute atomic E-state index is 0.0475. The number of Topliss-reactive ketones (excluding diaryl/α,β-unsaturated/α-hetero) is 1. The number of hydrogen-bond acceptors (Lipinski definition) is 3. The standard InChI is InChI=1S/C24H27N3O2/c1-2-11-24(29)25-17-10-4-7-16-23-26-20-14-8-9-15-21(20)27(23)18-22(28)19-12-5-3-6-13-19/h2-3,5-6,8-9,11-15H,4,7,10,16-18H2,1H3,(H,25,29)/b11-2+. The van der Waals surface area contributed by atoms with Crippen LogP contribution in [0.4, 0.5) is 0 Å². The Morgan fingerprint density at radius 2 is 1.76 bits per heavy atom. The molecule has 2 aromatic carbocycles. The van der Waals surface area contributed by atoms with Crippen LogP contribution in [0.3, 0.4) is 0 Å². The molecule has 0 bridgehead atoms. The molecule has 1 aromatic heterocycles. The number of benzene rings is 2. The molecule has 3 aromatic rings. The first-order valence-electron chi connectivity index (χ1n) is 10.1. The zero-order valence-corrected chi connectivity index (χ0v) is 16.8. The van der Waals surface area contributed by atoms with E-state index in [-0.39, 0.29) is 11.7 Å². The number of ketones is 1. The molecular weight excluding hydrogens is 362 g/mol. The Hall–Kier alpha value is -3.21. The average Bonchev–Trinajstić information content (AvgIpc) is 3.09. The molecule has 5 nitrogen and oxygen atoms in total. The Morgan fingerprint density at radius 3 is 2.55 bits per heavy atom. The molecule has 5 heteroatoms. The van der Waals surface area contributed by atoms with Gasteiger partial charge < -0.3 is 9.88 Å². The smallest absolute Gasteiger partial charge is 0.243 e. The third-order valence-corrected chi connectivity index (χ3v) is 4.83. The predicted octanol–water partition coefficient (Wildman–Crippen LogP) is 4.32. The number of carbonyl (C=O) groups excluding carboxylic acids is 2. The largest absolute Gasteiger partial charge is 0.353 e. The summed E-state index contributed by atoms with van der Waals surface area (Å²) in [6, 6.07) is 17.3. The van der Waals surface area contributed by atoms with Crippen molar-refractivity contribution in [1.82, 2.24) is 14.9 Å². The number of fused-ring (bicyclic) bond motifs is 1. The van der Waals surface area contributed by atoms with E-state index >= 15 is 0 Å². The van der Waals surface area contributed by atoms with Gasteiger partial charge in [-0.1, -0.05) is 55.0 Å². The number of nitrogens with one attached hydrogen (secondary N) is 1. The third-order valence-electron chi connectivity index (χ3n) is 4.83. The highest BCUT2D eigenvalue weighted by atomic mass is 16.1. The summed E-state index contributed by atoms with van der Waals surface area (Å²) in [6.45, 7) is 2.79. The zero-order valence-electron chi connectivity index (χ0n) is 16.8. The number of para-hydroxylation sites is 2. The van der Waals surface area contributed by atoms with E-state index in [4.69, 9.17) is 4.98 Å². The highest BCUT2D eigenvalue weighted by Gasteiger charge is 2.14. The van der Waals surface area contributed by atoms with Gasteiger partial charge in [0.1, 0.15) is 5.82 Å². The zero-order chi connectivity index (χ0) is 20.5. The van der Waals surface area contributed by atoms with Crippen molar-refractivity contribution >= 4 is 22.7 Å². The second kappa shape index (κ2) is 10.4. The van der Waals surface area contributed by atoms with Gasteiger partial charge in [-0.05, 0) is 38.0 Å². The van der Waals surface area contributed by atoms with E-state index in [0.717, 1.165) is 42.5 Å². The first kappa shape index (κ1) is 20.5. The number of rotatable bonds is 10. The first-order valence-corrected chi connectivity index (χ1v) is 10.1. The summed E-state index contributed by atoms with van der Waals surface area (Å²) in [5.41, 5.74) is 2.63. The molecule has 150 valence electrons. The monoisotopic (exact) mass is 389 g/mol. The molecule has 0 radical (unpaired) electrons. The van der Waals surface area contributed by atoms with Gasteiger partial charge in [0.05, 0.1) is 17.6 Å². The van der Waals surface area contributed by atoms with E-state index < -0.39 is 0 Å². The molecule has 29 heavy (non-hydrogen) atoms. The Bertz CT molecular complexity index is 990. The second-order valence-electron chi connectivity index (χ2n) is 6.99. The molecular formula is C24H27N3O2. The first-order chi connectivity index (χ1) is 14.2. The van der Waals surface area contributed by atoms with Crippen LogP contribution in [0.5, 0.6) is 0 Å². The van der Waals surface area contributed by atoms with Gasteiger partial charge in [0.25, 0.3) is 0 Å². The lowest BCUT2D eigenvalue weighted by molar-refractivity contribution is -0.116. The Kier molecular flexibility index (Phi) is 7.34. The Morgan fingerprint density at radius 1 is 1.00 bits per heavy atom. The van der Waals surface area contributed by atoms with E-state index in [1.807, 2.05) is 66.1 Å². The molecule has 0 aliphatic carbocycles. The molecule has 1 amide bonds. The average molecular weight is 389 g/mol. The van der Waals surface area contributed by atoms with Crippen molar-refractivity contribution in [3.8, 4) is 0 Å². The number of aryl methyl sites for hydroxylation is 1. The van der Waals surface area contributed by atoms with Gasteiger partial charge in [0.2, 0.25) is 5.91 Å². The molecule has 0 fully saturated rings. The molecule has 0 unspecified atom stereocenters.